The maximum absolute atomic E-state index is 10.7. The molecule has 0 heterocycles. The molecule has 0 aliphatic heterocycles. The molecule has 4 nitrogen and oxygen atoms in total. The van der Waals surface area contributed by atoms with Crippen LogP contribution in [-0.2, 0) is 14.3 Å². The Labute approximate surface area is 80.2 Å². The summed E-state index contributed by atoms with van der Waals surface area (Å²) in [5, 5.41) is 8.41. The summed E-state index contributed by atoms with van der Waals surface area (Å²) in [7, 11) is 1.19. The SMILES string of the molecule is COC(=O)[C@@H](Br)[C@@H](Br)C(=O)O. The van der Waals surface area contributed by atoms with Crippen molar-refractivity contribution in [3.63, 3.8) is 0 Å². The fraction of sp³-hybridized carbons (Fsp3) is 0.600. The van der Waals surface area contributed by atoms with E-state index >= 15 is 0 Å². The molecule has 6 heteroatoms. The summed E-state index contributed by atoms with van der Waals surface area (Å²) >= 11 is 5.67. The maximum atomic E-state index is 10.7. The van der Waals surface area contributed by atoms with Crippen molar-refractivity contribution in [2.75, 3.05) is 7.11 Å². The lowest BCUT2D eigenvalue weighted by atomic mass is 10.3. The van der Waals surface area contributed by atoms with E-state index in [1.54, 1.807) is 0 Å². The van der Waals surface area contributed by atoms with E-state index in [9.17, 15) is 9.59 Å². The van der Waals surface area contributed by atoms with E-state index in [-0.39, 0.29) is 0 Å². The lowest BCUT2D eigenvalue weighted by Crippen LogP contribution is -2.31. The molecule has 0 aromatic heterocycles. The molecule has 0 spiro atoms. The number of hydrogen-bond donors (Lipinski definition) is 1. The first-order chi connectivity index (χ1) is 5.00. The Morgan fingerprint density at radius 3 is 2.09 bits per heavy atom. The number of carbonyl (C=O) groups excluding carboxylic acids is 1. The summed E-state index contributed by atoms with van der Waals surface area (Å²) in [4.78, 5) is 19.2. The second-order valence-electron chi connectivity index (χ2n) is 1.66. The quantitative estimate of drug-likeness (QED) is 0.616. The van der Waals surface area contributed by atoms with Crippen molar-refractivity contribution in [1.29, 1.82) is 0 Å². The van der Waals surface area contributed by atoms with Gasteiger partial charge in [0.05, 0.1) is 7.11 Å². The van der Waals surface area contributed by atoms with Crippen molar-refractivity contribution in [2.45, 2.75) is 9.65 Å². The molecular weight excluding hydrogens is 284 g/mol. The minimum atomic E-state index is -1.11. The molecular formula is C5H6Br2O4. The first-order valence-corrected chi connectivity index (χ1v) is 4.42. The highest BCUT2D eigenvalue weighted by Gasteiger charge is 2.29. The number of carboxylic acid groups (broad SMARTS) is 1. The molecule has 0 radical (unpaired) electrons. The lowest BCUT2D eigenvalue weighted by molar-refractivity contribution is -0.144. The van der Waals surface area contributed by atoms with Gasteiger partial charge in [-0.05, 0) is 0 Å². The van der Waals surface area contributed by atoms with Gasteiger partial charge in [0.1, 0.15) is 9.65 Å². The Balaban J connectivity index is 4.12. The molecule has 2 atom stereocenters. The van der Waals surface area contributed by atoms with Crippen LogP contribution in [0.25, 0.3) is 0 Å². The molecule has 0 saturated heterocycles. The normalized spacial score (nSPS) is 15.2. The van der Waals surface area contributed by atoms with E-state index in [0.717, 1.165) is 0 Å². The number of carbonyl (C=O) groups is 2. The van der Waals surface area contributed by atoms with Crippen LogP contribution in [0.3, 0.4) is 0 Å². The zero-order chi connectivity index (χ0) is 9.02. The van der Waals surface area contributed by atoms with Crippen LogP contribution in [0.15, 0.2) is 0 Å². The van der Waals surface area contributed by atoms with E-state index in [1.165, 1.54) is 7.11 Å². The fourth-order valence-corrected chi connectivity index (χ4v) is 0.986. The molecule has 64 valence electrons. The fourth-order valence-electron chi connectivity index (χ4n) is 0.357. The number of hydrogen-bond acceptors (Lipinski definition) is 3. The van der Waals surface area contributed by atoms with Crippen LogP contribution in [0.5, 0.6) is 0 Å². The second kappa shape index (κ2) is 4.71. The molecule has 1 N–H and O–H groups in total. The maximum Gasteiger partial charge on any atom is 0.321 e. The first-order valence-electron chi connectivity index (χ1n) is 2.59. The highest BCUT2D eigenvalue weighted by Crippen LogP contribution is 2.15. The van der Waals surface area contributed by atoms with Gasteiger partial charge < -0.3 is 9.84 Å². The van der Waals surface area contributed by atoms with Gasteiger partial charge in [-0.3, -0.25) is 9.59 Å². The third-order valence-electron chi connectivity index (χ3n) is 0.919. The number of halogens is 2. The summed E-state index contributed by atoms with van der Waals surface area (Å²) in [6.07, 6.45) is 0. The molecule has 0 unspecified atom stereocenters. The van der Waals surface area contributed by atoms with Crippen molar-refractivity contribution < 1.29 is 19.4 Å². The van der Waals surface area contributed by atoms with E-state index in [2.05, 4.69) is 36.6 Å². The van der Waals surface area contributed by atoms with E-state index in [1.807, 2.05) is 0 Å². The van der Waals surface area contributed by atoms with Crippen molar-refractivity contribution in [3.8, 4) is 0 Å². The molecule has 0 fully saturated rings. The van der Waals surface area contributed by atoms with Crippen molar-refractivity contribution in [1.82, 2.24) is 0 Å². The van der Waals surface area contributed by atoms with Crippen molar-refractivity contribution in [2.24, 2.45) is 0 Å². The van der Waals surface area contributed by atoms with Gasteiger partial charge in [0, 0.05) is 0 Å². The van der Waals surface area contributed by atoms with Crippen LogP contribution >= 0.6 is 31.9 Å². The highest BCUT2D eigenvalue weighted by molar-refractivity contribution is 9.12. The Kier molecular flexibility index (Phi) is 4.67. The predicted molar refractivity (Wildman–Crippen MR) is 45.1 cm³/mol. The summed E-state index contributed by atoms with van der Waals surface area (Å²) < 4.78 is 4.30. The molecule has 0 aromatic rings. The molecule has 0 aliphatic rings. The molecule has 0 bridgehead atoms. The smallest absolute Gasteiger partial charge is 0.321 e. The van der Waals surface area contributed by atoms with Gasteiger partial charge in [-0.25, -0.2) is 0 Å². The van der Waals surface area contributed by atoms with Crippen LogP contribution in [0.4, 0.5) is 0 Å². The van der Waals surface area contributed by atoms with Crippen LogP contribution in [0, 0.1) is 0 Å². The largest absolute Gasteiger partial charge is 0.480 e. The summed E-state index contributed by atoms with van der Waals surface area (Å²) in [6, 6.07) is 0. The third kappa shape index (κ3) is 3.20. The second-order valence-corrected chi connectivity index (χ2v) is 3.64. The molecule has 0 amide bonds. The Hall–Kier alpha value is -0.100. The minimum Gasteiger partial charge on any atom is -0.480 e. The topological polar surface area (TPSA) is 63.6 Å². The third-order valence-corrected chi connectivity index (χ3v) is 3.45. The van der Waals surface area contributed by atoms with Gasteiger partial charge >= 0.3 is 11.9 Å². The summed E-state index contributed by atoms with van der Waals surface area (Å²) in [6.45, 7) is 0. The zero-order valence-corrected chi connectivity index (χ0v) is 8.75. The Bertz CT molecular complexity index is 170. The summed E-state index contributed by atoms with van der Waals surface area (Å²) in [5.41, 5.74) is 0. The van der Waals surface area contributed by atoms with Crippen molar-refractivity contribution in [3.05, 3.63) is 0 Å². The Morgan fingerprint density at radius 1 is 1.36 bits per heavy atom. The van der Waals surface area contributed by atoms with E-state index in [0.29, 0.717) is 0 Å². The molecule has 0 aliphatic carbocycles. The highest BCUT2D eigenvalue weighted by atomic mass is 79.9. The standard InChI is InChI=1S/C5H6Br2O4/c1-11-5(10)3(7)2(6)4(8)9/h2-3H,1H3,(H,8,9)/t2-,3+/m1/s1. The molecule has 0 saturated carbocycles. The number of carboxylic acids is 1. The van der Waals surface area contributed by atoms with Gasteiger partial charge in [-0.2, -0.15) is 0 Å². The number of aliphatic carboxylic acids is 1. The monoisotopic (exact) mass is 288 g/mol. The number of rotatable bonds is 3. The molecule has 11 heavy (non-hydrogen) atoms. The number of methoxy groups -OCH3 is 1. The van der Waals surface area contributed by atoms with Gasteiger partial charge in [0.2, 0.25) is 0 Å². The van der Waals surface area contributed by atoms with Crippen molar-refractivity contribution >= 4 is 43.8 Å². The molecule has 0 aromatic carbocycles. The van der Waals surface area contributed by atoms with Crippen LogP contribution in [0.1, 0.15) is 0 Å². The minimum absolute atomic E-state index is 0.616. The van der Waals surface area contributed by atoms with Crippen LogP contribution < -0.4 is 0 Å². The average molecular weight is 290 g/mol. The number of alkyl halides is 2. The van der Waals surface area contributed by atoms with Crippen LogP contribution in [-0.4, -0.2) is 33.8 Å². The van der Waals surface area contributed by atoms with Crippen LogP contribution in [0.2, 0.25) is 0 Å². The summed E-state index contributed by atoms with van der Waals surface area (Å²) in [5.74, 6) is -1.73. The first kappa shape index (κ1) is 10.9. The number of ether oxygens (including phenoxy) is 1. The lowest BCUT2D eigenvalue weighted by Gasteiger charge is -2.09. The number of esters is 1. The van der Waals surface area contributed by atoms with Gasteiger partial charge in [-0.1, -0.05) is 31.9 Å². The van der Waals surface area contributed by atoms with E-state index < -0.39 is 21.6 Å². The Morgan fingerprint density at radius 2 is 1.82 bits per heavy atom. The zero-order valence-electron chi connectivity index (χ0n) is 5.58. The van der Waals surface area contributed by atoms with E-state index in [4.69, 9.17) is 5.11 Å². The van der Waals surface area contributed by atoms with Gasteiger partial charge in [0.15, 0.2) is 0 Å². The molecule has 0 rings (SSSR count). The predicted octanol–water partition coefficient (Wildman–Crippen LogP) is 0.771. The van der Waals surface area contributed by atoms with Gasteiger partial charge in [0.25, 0.3) is 0 Å². The van der Waals surface area contributed by atoms with Gasteiger partial charge in [-0.15, -0.1) is 0 Å². The average Bonchev–Trinajstić information content (AvgIpc) is 2.00.